The van der Waals surface area contributed by atoms with Gasteiger partial charge in [0, 0.05) is 20.1 Å². The van der Waals surface area contributed by atoms with E-state index in [-0.39, 0.29) is 12.2 Å². The van der Waals surface area contributed by atoms with E-state index in [9.17, 15) is 8.42 Å². The molecule has 0 N–H and O–H groups in total. The second-order valence-corrected chi connectivity index (χ2v) is 6.73. The number of nitrogens with zero attached hydrogens (tertiary/aromatic N) is 2. The lowest BCUT2D eigenvalue weighted by molar-refractivity contribution is -0.0378. The van der Waals surface area contributed by atoms with E-state index >= 15 is 0 Å². The highest BCUT2D eigenvalue weighted by Gasteiger charge is 2.29. The monoisotopic (exact) mass is 338 g/mol. The van der Waals surface area contributed by atoms with Crippen LogP contribution in [0.5, 0.6) is 0 Å². The number of rotatable bonds is 3. The Hall–Kier alpha value is -0.440. The average Bonchev–Trinajstić information content (AvgIpc) is 2.55. The van der Waals surface area contributed by atoms with Crippen LogP contribution >= 0.6 is 15.9 Å². The smallest absolute Gasteiger partial charge is 0.264 e. The third kappa shape index (κ3) is 3.53. The van der Waals surface area contributed by atoms with E-state index in [0.29, 0.717) is 19.4 Å². The molecule has 1 fully saturated rings. The third-order valence-corrected chi connectivity index (χ3v) is 3.77. The van der Waals surface area contributed by atoms with Gasteiger partial charge in [-0.05, 0) is 28.4 Å². The van der Waals surface area contributed by atoms with Crippen LogP contribution in [0.2, 0.25) is 0 Å². The second kappa shape index (κ2) is 5.28. The van der Waals surface area contributed by atoms with Crippen molar-refractivity contribution in [1.29, 1.82) is 0 Å². The number of halogens is 1. The molecule has 2 heterocycles. The summed E-state index contributed by atoms with van der Waals surface area (Å²) < 4.78 is 35.4. The summed E-state index contributed by atoms with van der Waals surface area (Å²) in [6.07, 6.45) is 1.65. The lowest BCUT2D eigenvalue weighted by Crippen LogP contribution is -2.29. The highest BCUT2D eigenvalue weighted by Crippen LogP contribution is 2.31. The molecule has 2 unspecified atom stereocenters. The maximum Gasteiger partial charge on any atom is 0.264 e. The predicted octanol–water partition coefficient (Wildman–Crippen LogP) is 1.38. The molecule has 0 saturated carbocycles. The molecule has 2 rings (SSSR count). The molecule has 0 amide bonds. The summed E-state index contributed by atoms with van der Waals surface area (Å²) >= 11 is 3.30. The Kier molecular flexibility index (Phi) is 4.10. The van der Waals surface area contributed by atoms with Gasteiger partial charge < -0.3 is 4.74 Å². The number of ether oxygens (including phenoxy) is 1. The van der Waals surface area contributed by atoms with Gasteiger partial charge >= 0.3 is 0 Å². The molecule has 1 aromatic rings. The summed E-state index contributed by atoms with van der Waals surface area (Å²) in [6.45, 7) is 0.480. The van der Waals surface area contributed by atoms with Crippen LogP contribution in [0.3, 0.4) is 0 Å². The fraction of sp³-hybridized carbons (Fsp3) is 0.700. The molecule has 0 aliphatic carbocycles. The Labute approximate surface area is 115 Å². The number of aromatic nitrogens is 2. The van der Waals surface area contributed by atoms with E-state index in [1.54, 1.807) is 4.68 Å². The fourth-order valence-electron chi connectivity index (χ4n) is 2.05. The minimum atomic E-state index is -3.42. The Morgan fingerprint density at radius 3 is 2.89 bits per heavy atom. The lowest BCUT2D eigenvalue weighted by atomic mass is 10.0. The summed E-state index contributed by atoms with van der Waals surface area (Å²) in [5.41, 5.74) is 0.906. The van der Waals surface area contributed by atoms with E-state index in [4.69, 9.17) is 8.92 Å². The molecule has 2 atom stereocenters. The molecule has 1 saturated heterocycles. The first-order valence-electron chi connectivity index (χ1n) is 5.54. The molecule has 0 bridgehead atoms. The second-order valence-electron chi connectivity index (χ2n) is 4.32. The Balaban J connectivity index is 2.09. The van der Waals surface area contributed by atoms with E-state index in [1.165, 1.54) is 0 Å². The molecular formula is C10H15BrN2O4S. The quantitative estimate of drug-likeness (QED) is 0.778. The van der Waals surface area contributed by atoms with Gasteiger partial charge in [0.05, 0.1) is 18.1 Å². The highest BCUT2D eigenvalue weighted by atomic mass is 79.9. The average molecular weight is 339 g/mol. The van der Waals surface area contributed by atoms with Crippen molar-refractivity contribution < 1.29 is 17.3 Å². The first-order chi connectivity index (χ1) is 8.35. The SMILES string of the molecule is Cn1nc(Br)cc1C1CC(OS(C)(=O)=O)CCO1. The molecule has 1 aliphatic rings. The Morgan fingerprint density at radius 1 is 1.61 bits per heavy atom. The van der Waals surface area contributed by atoms with E-state index in [1.807, 2.05) is 13.1 Å². The van der Waals surface area contributed by atoms with Crippen LogP contribution in [0.1, 0.15) is 24.6 Å². The van der Waals surface area contributed by atoms with Crippen LogP contribution in [0.4, 0.5) is 0 Å². The molecule has 1 aliphatic heterocycles. The van der Waals surface area contributed by atoms with E-state index in [0.717, 1.165) is 16.6 Å². The zero-order valence-corrected chi connectivity index (χ0v) is 12.6. The summed E-state index contributed by atoms with van der Waals surface area (Å²) in [4.78, 5) is 0. The first kappa shape index (κ1) is 14.0. The van der Waals surface area contributed by atoms with Crippen molar-refractivity contribution in [2.45, 2.75) is 25.0 Å². The zero-order chi connectivity index (χ0) is 13.3. The van der Waals surface area contributed by atoms with Gasteiger partial charge in [-0.25, -0.2) is 0 Å². The third-order valence-electron chi connectivity index (χ3n) is 2.76. The normalized spacial score (nSPS) is 25.3. The van der Waals surface area contributed by atoms with Crippen LogP contribution in [0, 0.1) is 0 Å². The van der Waals surface area contributed by atoms with Crippen molar-refractivity contribution in [1.82, 2.24) is 9.78 Å². The number of hydrogen-bond donors (Lipinski definition) is 0. The van der Waals surface area contributed by atoms with Gasteiger partial charge in [0.1, 0.15) is 10.7 Å². The van der Waals surface area contributed by atoms with Crippen molar-refractivity contribution in [3.05, 3.63) is 16.4 Å². The molecular weight excluding hydrogens is 324 g/mol. The maximum absolute atomic E-state index is 11.1. The van der Waals surface area contributed by atoms with Crippen LogP contribution in [-0.2, 0) is 26.1 Å². The van der Waals surface area contributed by atoms with E-state index in [2.05, 4.69) is 21.0 Å². The zero-order valence-electron chi connectivity index (χ0n) is 10.2. The largest absolute Gasteiger partial charge is 0.372 e. The van der Waals surface area contributed by atoms with Crippen molar-refractivity contribution in [3.63, 3.8) is 0 Å². The number of aryl methyl sites for hydroxylation is 1. The van der Waals surface area contributed by atoms with Crippen LogP contribution in [-0.4, -0.2) is 37.2 Å². The van der Waals surface area contributed by atoms with E-state index < -0.39 is 10.1 Å². The predicted molar refractivity (Wildman–Crippen MR) is 68.6 cm³/mol. The lowest BCUT2D eigenvalue weighted by Gasteiger charge is -2.28. The van der Waals surface area contributed by atoms with Crippen LogP contribution in [0.25, 0.3) is 0 Å². The molecule has 102 valence electrons. The molecule has 18 heavy (non-hydrogen) atoms. The molecule has 8 heteroatoms. The Morgan fingerprint density at radius 2 is 2.33 bits per heavy atom. The van der Waals surface area contributed by atoms with Gasteiger partial charge in [-0.1, -0.05) is 0 Å². The molecule has 0 spiro atoms. The summed E-state index contributed by atoms with van der Waals surface area (Å²) in [5.74, 6) is 0. The first-order valence-corrected chi connectivity index (χ1v) is 8.15. The Bertz CT molecular complexity index is 528. The van der Waals surface area contributed by atoms with Crippen LogP contribution < -0.4 is 0 Å². The molecule has 0 aromatic carbocycles. The van der Waals surface area contributed by atoms with Gasteiger partial charge in [-0.3, -0.25) is 8.86 Å². The molecule has 1 aromatic heterocycles. The van der Waals surface area contributed by atoms with Crippen molar-refractivity contribution >= 4 is 26.0 Å². The molecule has 0 radical (unpaired) electrons. The maximum atomic E-state index is 11.1. The van der Waals surface area contributed by atoms with Crippen molar-refractivity contribution in [2.24, 2.45) is 7.05 Å². The van der Waals surface area contributed by atoms with Gasteiger partial charge in [0.15, 0.2) is 0 Å². The van der Waals surface area contributed by atoms with Crippen molar-refractivity contribution in [3.8, 4) is 0 Å². The summed E-state index contributed by atoms with van der Waals surface area (Å²) in [7, 11) is -1.60. The van der Waals surface area contributed by atoms with Gasteiger partial charge in [0.2, 0.25) is 0 Å². The highest BCUT2D eigenvalue weighted by molar-refractivity contribution is 9.10. The van der Waals surface area contributed by atoms with Gasteiger partial charge in [0.25, 0.3) is 10.1 Å². The van der Waals surface area contributed by atoms with Crippen LogP contribution in [0.15, 0.2) is 10.7 Å². The summed E-state index contributed by atoms with van der Waals surface area (Å²) in [6, 6.07) is 1.87. The summed E-state index contributed by atoms with van der Waals surface area (Å²) in [5, 5.41) is 4.18. The number of hydrogen-bond acceptors (Lipinski definition) is 5. The minimum Gasteiger partial charge on any atom is -0.372 e. The van der Waals surface area contributed by atoms with Gasteiger partial charge in [-0.15, -0.1) is 0 Å². The van der Waals surface area contributed by atoms with Gasteiger partial charge in [-0.2, -0.15) is 13.5 Å². The standard InChI is InChI=1S/C10H15BrN2O4S/c1-13-8(6-10(11)12-13)9-5-7(3-4-16-9)17-18(2,14)15/h6-7,9H,3-5H2,1-2H3. The fourth-order valence-corrected chi connectivity index (χ4v) is 3.20. The topological polar surface area (TPSA) is 70.4 Å². The minimum absolute atomic E-state index is 0.186. The van der Waals surface area contributed by atoms with Crippen molar-refractivity contribution in [2.75, 3.05) is 12.9 Å². The molecule has 6 nitrogen and oxygen atoms in total.